The fraction of sp³-hybridized carbons (Fsp3) is 0.500. The number of benzene rings is 1. The van der Waals surface area contributed by atoms with Crippen molar-refractivity contribution in [1.82, 2.24) is 10.3 Å². The lowest BCUT2D eigenvalue weighted by atomic mass is 10.0. The molecule has 1 aliphatic rings. The predicted octanol–water partition coefficient (Wildman–Crippen LogP) is 3.32. The Kier molecular flexibility index (Phi) is 5.81. The molecule has 1 aromatic heterocycles. The summed E-state index contributed by atoms with van der Waals surface area (Å²) >= 11 is 1.67. The van der Waals surface area contributed by atoms with Crippen LogP contribution in [0.4, 0.5) is 10.1 Å². The molecule has 1 aliphatic heterocycles. The molecule has 130 valence electrons. The van der Waals surface area contributed by atoms with Crippen LogP contribution in [-0.4, -0.2) is 37.8 Å². The summed E-state index contributed by atoms with van der Waals surface area (Å²) in [7, 11) is 0. The van der Waals surface area contributed by atoms with Crippen molar-refractivity contribution in [2.75, 3.05) is 37.7 Å². The van der Waals surface area contributed by atoms with Crippen LogP contribution >= 0.6 is 11.3 Å². The average molecular weight is 349 g/mol. The van der Waals surface area contributed by atoms with Crippen molar-refractivity contribution in [1.29, 1.82) is 0 Å². The van der Waals surface area contributed by atoms with Gasteiger partial charge in [-0.15, -0.1) is 11.3 Å². The van der Waals surface area contributed by atoms with E-state index in [-0.39, 0.29) is 11.9 Å². The number of ether oxygens (including phenoxy) is 1. The summed E-state index contributed by atoms with van der Waals surface area (Å²) in [6.07, 6.45) is 0.857. The van der Waals surface area contributed by atoms with Gasteiger partial charge in [0.15, 0.2) is 0 Å². The molecule has 0 saturated carbocycles. The zero-order valence-electron chi connectivity index (χ0n) is 14.2. The summed E-state index contributed by atoms with van der Waals surface area (Å²) in [6, 6.07) is 5.28. The van der Waals surface area contributed by atoms with E-state index in [2.05, 4.69) is 20.6 Å². The number of halogens is 1. The third kappa shape index (κ3) is 4.12. The van der Waals surface area contributed by atoms with Crippen molar-refractivity contribution >= 4 is 17.0 Å². The number of thiazole rings is 1. The van der Waals surface area contributed by atoms with Gasteiger partial charge in [0.2, 0.25) is 0 Å². The third-order valence-electron chi connectivity index (χ3n) is 4.31. The molecule has 1 aromatic carbocycles. The standard InChI is InChI=1S/C18H24FN3OS/c1-13(20-7-6-15-12-24-14(2)21-15)18-16(19)4-3-5-17(18)22-8-10-23-11-9-22/h3-5,12-13,20H,6-11H2,1-2H3. The van der Waals surface area contributed by atoms with Crippen LogP contribution in [0.25, 0.3) is 0 Å². The van der Waals surface area contributed by atoms with Crippen LogP contribution < -0.4 is 10.2 Å². The SMILES string of the molecule is Cc1nc(CCNC(C)c2c(F)cccc2N2CCOCC2)cs1. The van der Waals surface area contributed by atoms with E-state index in [1.165, 1.54) is 0 Å². The quantitative estimate of drug-likeness (QED) is 0.868. The number of nitrogens with zero attached hydrogens (tertiary/aromatic N) is 2. The Bertz CT molecular complexity index is 670. The Hall–Kier alpha value is -1.50. The largest absolute Gasteiger partial charge is 0.378 e. The zero-order chi connectivity index (χ0) is 16.9. The number of rotatable bonds is 6. The molecule has 0 spiro atoms. The highest BCUT2D eigenvalue weighted by molar-refractivity contribution is 7.09. The molecule has 2 heterocycles. The number of hydrogen-bond donors (Lipinski definition) is 1. The highest BCUT2D eigenvalue weighted by Crippen LogP contribution is 2.29. The van der Waals surface area contributed by atoms with E-state index in [0.717, 1.165) is 48.0 Å². The lowest BCUT2D eigenvalue weighted by Crippen LogP contribution is -2.37. The summed E-state index contributed by atoms with van der Waals surface area (Å²) in [5, 5.41) is 6.62. The molecule has 0 amide bonds. The number of anilines is 1. The van der Waals surface area contributed by atoms with Gasteiger partial charge in [-0.1, -0.05) is 6.07 Å². The maximum absolute atomic E-state index is 14.5. The molecule has 2 aromatic rings. The lowest BCUT2D eigenvalue weighted by Gasteiger charge is -2.32. The van der Waals surface area contributed by atoms with E-state index in [9.17, 15) is 4.39 Å². The van der Waals surface area contributed by atoms with Crippen molar-refractivity contribution in [2.24, 2.45) is 0 Å². The number of nitrogens with one attached hydrogen (secondary N) is 1. The number of aromatic nitrogens is 1. The lowest BCUT2D eigenvalue weighted by molar-refractivity contribution is 0.122. The molecule has 6 heteroatoms. The number of morpholine rings is 1. The van der Waals surface area contributed by atoms with Crippen LogP contribution in [0.2, 0.25) is 0 Å². The molecule has 0 aliphatic carbocycles. The second-order valence-electron chi connectivity index (χ2n) is 6.06. The molecule has 24 heavy (non-hydrogen) atoms. The monoisotopic (exact) mass is 349 g/mol. The van der Waals surface area contributed by atoms with Crippen molar-refractivity contribution in [2.45, 2.75) is 26.3 Å². The van der Waals surface area contributed by atoms with E-state index in [1.807, 2.05) is 19.9 Å². The van der Waals surface area contributed by atoms with Gasteiger partial charge in [-0.3, -0.25) is 0 Å². The van der Waals surface area contributed by atoms with E-state index in [1.54, 1.807) is 23.5 Å². The number of aryl methyl sites for hydroxylation is 1. The Labute approximate surface area is 146 Å². The summed E-state index contributed by atoms with van der Waals surface area (Å²) in [5.41, 5.74) is 2.82. The van der Waals surface area contributed by atoms with Crippen molar-refractivity contribution in [3.05, 3.63) is 45.7 Å². The Morgan fingerprint density at radius 2 is 2.17 bits per heavy atom. The van der Waals surface area contributed by atoms with E-state index in [4.69, 9.17) is 4.74 Å². The zero-order valence-corrected chi connectivity index (χ0v) is 15.0. The second kappa shape index (κ2) is 8.05. The van der Waals surface area contributed by atoms with Crippen molar-refractivity contribution < 1.29 is 9.13 Å². The average Bonchev–Trinajstić information content (AvgIpc) is 3.00. The minimum atomic E-state index is -0.150. The normalized spacial score (nSPS) is 16.4. The van der Waals surface area contributed by atoms with Crippen LogP contribution in [-0.2, 0) is 11.2 Å². The molecule has 1 unspecified atom stereocenters. The summed E-state index contributed by atoms with van der Waals surface area (Å²) < 4.78 is 19.9. The Morgan fingerprint density at radius 1 is 1.38 bits per heavy atom. The minimum Gasteiger partial charge on any atom is -0.378 e. The van der Waals surface area contributed by atoms with Crippen molar-refractivity contribution in [3.8, 4) is 0 Å². The molecule has 1 atom stereocenters. The van der Waals surface area contributed by atoms with Gasteiger partial charge in [-0.05, 0) is 26.0 Å². The molecule has 1 fully saturated rings. The van der Waals surface area contributed by atoms with Crippen LogP contribution in [0.5, 0.6) is 0 Å². The Morgan fingerprint density at radius 3 is 2.88 bits per heavy atom. The first-order valence-corrected chi connectivity index (χ1v) is 9.28. The fourth-order valence-electron chi connectivity index (χ4n) is 3.08. The second-order valence-corrected chi connectivity index (χ2v) is 7.12. The topological polar surface area (TPSA) is 37.4 Å². The molecule has 1 N–H and O–H groups in total. The summed E-state index contributed by atoms with van der Waals surface area (Å²) in [5.74, 6) is -0.150. The molecule has 3 rings (SSSR count). The smallest absolute Gasteiger partial charge is 0.130 e. The molecular formula is C18H24FN3OS. The first-order valence-electron chi connectivity index (χ1n) is 8.40. The minimum absolute atomic E-state index is 0.0521. The fourth-order valence-corrected chi connectivity index (χ4v) is 3.72. The van der Waals surface area contributed by atoms with Gasteiger partial charge >= 0.3 is 0 Å². The Balaban J connectivity index is 1.67. The maximum Gasteiger partial charge on any atom is 0.130 e. The van der Waals surface area contributed by atoms with E-state index in [0.29, 0.717) is 13.2 Å². The van der Waals surface area contributed by atoms with Crippen LogP contribution in [0.1, 0.15) is 29.2 Å². The third-order valence-corrected chi connectivity index (χ3v) is 5.14. The predicted molar refractivity (Wildman–Crippen MR) is 96.4 cm³/mol. The number of hydrogen-bond acceptors (Lipinski definition) is 5. The first kappa shape index (κ1) is 17.3. The van der Waals surface area contributed by atoms with Crippen molar-refractivity contribution in [3.63, 3.8) is 0 Å². The van der Waals surface area contributed by atoms with Crippen LogP contribution in [0.15, 0.2) is 23.6 Å². The molecule has 1 saturated heterocycles. The highest BCUT2D eigenvalue weighted by atomic mass is 32.1. The van der Waals surface area contributed by atoms with E-state index >= 15 is 0 Å². The van der Waals surface area contributed by atoms with Gasteiger partial charge in [-0.25, -0.2) is 9.37 Å². The maximum atomic E-state index is 14.5. The van der Waals surface area contributed by atoms with Gasteiger partial charge in [0.25, 0.3) is 0 Å². The van der Waals surface area contributed by atoms with Gasteiger partial charge in [0.1, 0.15) is 5.82 Å². The van der Waals surface area contributed by atoms with E-state index < -0.39 is 0 Å². The van der Waals surface area contributed by atoms with Gasteiger partial charge < -0.3 is 15.0 Å². The summed E-state index contributed by atoms with van der Waals surface area (Å²) in [4.78, 5) is 6.68. The summed E-state index contributed by atoms with van der Waals surface area (Å²) in [6.45, 7) is 7.82. The van der Waals surface area contributed by atoms with Gasteiger partial charge in [0.05, 0.1) is 23.9 Å². The molecular weight excluding hydrogens is 325 g/mol. The van der Waals surface area contributed by atoms with Gasteiger partial charge in [-0.2, -0.15) is 0 Å². The van der Waals surface area contributed by atoms with Crippen LogP contribution in [0.3, 0.4) is 0 Å². The van der Waals surface area contributed by atoms with Gasteiger partial charge in [0, 0.05) is 48.7 Å². The molecule has 0 bridgehead atoms. The highest BCUT2D eigenvalue weighted by Gasteiger charge is 2.21. The molecule has 0 radical (unpaired) electrons. The first-order chi connectivity index (χ1) is 11.6. The van der Waals surface area contributed by atoms with Crippen LogP contribution in [0, 0.1) is 12.7 Å². The molecule has 4 nitrogen and oxygen atoms in total.